The maximum absolute atomic E-state index is 12.4. The number of esters is 2. The van der Waals surface area contributed by atoms with Crippen molar-refractivity contribution in [2.75, 3.05) is 13.2 Å². The Bertz CT molecular complexity index is 1100. The van der Waals surface area contributed by atoms with Gasteiger partial charge in [0.15, 0.2) is 6.10 Å². The molecule has 0 radical (unpaired) electrons. The van der Waals surface area contributed by atoms with Crippen molar-refractivity contribution in [2.45, 2.75) is 187 Å². The van der Waals surface area contributed by atoms with Gasteiger partial charge in [0.1, 0.15) is 6.61 Å². The molecule has 2 N–H and O–H groups in total. The molecule has 0 amide bonds. The summed E-state index contributed by atoms with van der Waals surface area (Å²) >= 11 is 0. The quantitative estimate of drug-likeness (QED) is 0.0209. The van der Waals surface area contributed by atoms with Crippen molar-refractivity contribution in [3.8, 4) is 0 Å². The highest BCUT2D eigenvalue weighted by Crippen LogP contribution is 2.36. The number of ether oxygens (including phenoxy) is 2. The summed E-state index contributed by atoms with van der Waals surface area (Å²) < 4.78 is 26.4. The van der Waals surface area contributed by atoms with Crippen LogP contribution in [0.4, 0.5) is 0 Å². The van der Waals surface area contributed by atoms with Crippen molar-refractivity contribution in [1.29, 1.82) is 0 Å². The van der Waals surface area contributed by atoms with Gasteiger partial charge in [-0.2, -0.15) is 0 Å². The first-order chi connectivity index (χ1) is 26.3. The SMILES string of the molecule is CC/C=C/C=C/C=C/CCCCCCCC(=O)OC(COC(=O)CCCCCCCCCCCCCCC/C=C/C/C=C/C/C=C/CC)COP(=O)(O)O. The van der Waals surface area contributed by atoms with Gasteiger partial charge in [0.25, 0.3) is 0 Å². The molecular weight excluding hydrogens is 699 g/mol. The molecule has 54 heavy (non-hydrogen) atoms. The number of rotatable bonds is 38. The lowest BCUT2D eigenvalue weighted by molar-refractivity contribution is -0.161. The van der Waals surface area contributed by atoms with Crippen LogP contribution in [0.2, 0.25) is 0 Å². The summed E-state index contributed by atoms with van der Waals surface area (Å²) in [6, 6.07) is 0. The van der Waals surface area contributed by atoms with E-state index in [0.29, 0.717) is 6.42 Å². The van der Waals surface area contributed by atoms with Gasteiger partial charge in [-0.25, -0.2) is 4.57 Å². The Morgan fingerprint density at radius 1 is 0.500 bits per heavy atom. The summed E-state index contributed by atoms with van der Waals surface area (Å²) in [5, 5.41) is 0. The monoisotopic (exact) mass is 777 g/mol. The predicted octanol–water partition coefficient (Wildman–Crippen LogP) is 13.1. The average molecular weight is 777 g/mol. The number of hydrogen-bond acceptors (Lipinski definition) is 6. The topological polar surface area (TPSA) is 119 Å². The Labute approximate surface area is 329 Å². The van der Waals surface area contributed by atoms with Crippen LogP contribution in [0.3, 0.4) is 0 Å². The minimum atomic E-state index is -4.76. The highest BCUT2D eigenvalue weighted by Gasteiger charge is 2.22. The predicted molar refractivity (Wildman–Crippen MR) is 225 cm³/mol. The third-order valence-corrected chi connectivity index (χ3v) is 9.27. The summed E-state index contributed by atoms with van der Waals surface area (Å²) in [5.41, 5.74) is 0. The average Bonchev–Trinajstić information content (AvgIpc) is 3.14. The molecule has 8 nitrogen and oxygen atoms in total. The molecule has 0 aromatic rings. The molecular formula is C45H77O8P. The molecule has 0 aromatic carbocycles. The molecule has 0 bridgehead atoms. The molecule has 0 fully saturated rings. The van der Waals surface area contributed by atoms with Crippen LogP contribution in [-0.4, -0.2) is 41.0 Å². The van der Waals surface area contributed by atoms with Crippen LogP contribution in [0.1, 0.15) is 181 Å². The minimum absolute atomic E-state index is 0.186. The lowest BCUT2D eigenvalue weighted by Gasteiger charge is -2.18. The molecule has 0 aliphatic carbocycles. The molecule has 0 heterocycles. The van der Waals surface area contributed by atoms with Gasteiger partial charge in [-0.1, -0.05) is 177 Å². The zero-order chi connectivity index (χ0) is 39.6. The molecule has 0 aliphatic rings. The van der Waals surface area contributed by atoms with E-state index < -0.39 is 32.5 Å². The highest BCUT2D eigenvalue weighted by molar-refractivity contribution is 7.46. The van der Waals surface area contributed by atoms with Gasteiger partial charge in [0.05, 0.1) is 6.61 Å². The van der Waals surface area contributed by atoms with Crippen molar-refractivity contribution < 1.29 is 37.9 Å². The maximum atomic E-state index is 12.4. The fraction of sp³-hybridized carbons (Fsp3) is 0.689. The fourth-order valence-electron chi connectivity index (χ4n) is 5.68. The van der Waals surface area contributed by atoms with Crippen molar-refractivity contribution in [3.05, 3.63) is 72.9 Å². The van der Waals surface area contributed by atoms with E-state index >= 15 is 0 Å². The van der Waals surface area contributed by atoms with Crippen LogP contribution in [0.15, 0.2) is 72.9 Å². The lowest BCUT2D eigenvalue weighted by Crippen LogP contribution is -2.29. The van der Waals surface area contributed by atoms with Crippen LogP contribution >= 0.6 is 7.82 Å². The maximum Gasteiger partial charge on any atom is 0.469 e. The van der Waals surface area contributed by atoms with E-state index in [1.807, 2.05) is 18.2 Å². The third kappa shape index (κ3) is 42.2. The van der Waals surface area contributed by atoms with Gasteiger partial charge >= 0.3 is 19.8 Å². The van der Waals surface area contributed by atoms with E-state index in [-0.39, 0.29) is 19.4 Å². The van der Waals surface area contributed by atoms with Crippen LogP contribution in [-0.2, 0) is 28.2 Å². The Balaban J connectivity index is 3.87. The first-order valence-corrected chi connectivity index (χ1v) is 22.8. The van der Waals surface area contributed by atoms with Crippen LogP contribution in [0.5, 0.6) is 0 Å². The summed E-state index contributed by atoms with van der Waals surface area (Å²) in [6.07, 6.45) is 52.0. The van der Waals surface area contributed by atoms with Gasteiger partial charge in [-0.05, 0) is 64.2 Å². The van der Waals surface area contributed by atoms with Gasteiger partial charge < -0.3 is 19.3 Å². The lowest BCUT2D eigenvalue weighted by atomic mass is 10.0. The summed E-state index contributed by atoms with van der Waals surface area (Å²) in [4.78, 5) is 42.8. The van der Waals surface area contributed by atoms with Crippen molar-refractivity contribution in [3.63, 3.8) is 0 Å². The number of unbranched alkanes of at least 4 members (excludes halogenated alkanes) is 18. The van der Waals surface area contributed by atoms with Gasteiger partial charge in [-0.15, -0.1) is 0 Å². The summed E-state index contributed by atoms with van der Waals surface area (Å²) in [5.74, 6) is -0.913. The van der Waals surface area contributed by atoms with E-state index in [0.717, 1.165) is 77.0 Å². The highest BCUT2D eigenvalue weighted by atomic mass is 31.2. The molecule has 0 spiro atoms. The summed E-state index contributed by atoms with van der Waals surface area (Å²) in [6.45, 7) is 3.42. The number of phosphoric acid groups is 1. The summed E-state index contributed by atoms with van der Waals surface area (Å²) in [7, 11) is -4.76. The van der Waals surface area contributed by atoms with Crippen molar-refractivity contribution in [2.24, 2.45) is 0 Å². The molecule has 310 valence electrons. The van der Waals surface area contributed by atoms with E-state index in [2.05, 4.69) is 73.1 Å². The molecule has 0 saturated carbocycles. The first-order valence-electron chi connectivity index (χ1n) is 21.3. The number of carbonyl (C=O) groups is 2. The molecule has 0 saturated heterocycles. The molecule has 0 aliphatic heterocycles. The van der Waals surface area contributed by atoms with E-state index in [1.54, 1.807) is 0 Å². The normalized spacial score (nSPS) is 13.2. The Morgan fingerprint density at radius 3 is 1.44 bits per heavy atom. The second-order valence-corrected chi connectivity index (χ2v) is 15.2. The number of carbonyl (C=O) groups excluding carboxylic acids is 2. The standard InChI is InChI=1S/C45H77O8P/c1-3-5-7-9-11-13-15-17-18-19-20-21-22-23-24-25-26-28-29-31-33-35-37-39-44(46)51-41-43(42-52-54(48,49)50)53-45(47)40-38-36-34-32-30-27-16-14-12-10-8-6-4-2/h5-8,10-14,16-18,43H,3-4,9,15,19-42H2,1-2H3,(H2,48,49,50)/b7-5+,8-6+,12-10+,13-11+,16-14+,18-17+. The van der Waals surface area contributed by atoms with Gasteiger partial charge in [0.2, 0.25) is 0 Å². The van der Waals surface area contributed by atoms with Gasteiger partial charge in [-0.3, -0.25) is 14.1 Å². The van der Waals surface area contributed by atoms with Gasteiger partial charge in [0, 0.05) is 12.8 Å². The largest absolute Gasteiger partial charge is 0.469 e. The molecule has 1 atom stereocenters. The smallest absolute Gasteiger partial charge is 0.462 e. The second kappa shape index (κ2) is 40.2. The number of hydrogen-bond donors (Lipinski definition) is 2. The Morgan fingerprint density at radius 2 is 0.926 bits per heavy atom. The zero-order valence-electron chi connectivity index (χ0n) is 34.1. The van der Waals surface area contributed by atoms with E-state index in [9.17, 15) is 14.2 Å². The minimum Gasteiger partial charge on any atom is -0.462 e. The molecule has 9 heteroatoms. The van der Waals surface area contributed by atoms with Crippen LogP contribution in [0.25, 0.3) is 0 Å². The number of allylic oxidation sites excluding steroid dienone is 12. The number of phosphoric ester groups is 1. The molecule has 1 unspecified atom stereocenters. The Hall–Kier alpha value is -2.51. The van der Waals surface area contributed by atoms with Crippen LogP contribution < -0.4 is 0 Å². The second-order valence-electron chi connectivity index (χ2n) is 14.0. The van der Waals surface area contributed by atoms with Crippen LogP contribution in [0, 0.1) is 0 Å². The molecule has 0 aromatic heterocycles. The van der Waals surface area contributed by atoms with Crippen molar-refractivity contribution in [1.82, 2.24) is 0 Å². The van der Waals surface area contributed by atoms with Crippen molar-refractivity contribution >= 4 is 19.8 Å². The first kappa shape index (κ1) is 51.5. The Kier molecular flexibility index (Phi) is 38.3. The third-order valence-electron chi connectivity index (χ3n) is 8.78. The van der Waals surface area contributed by atoms with E-state index in [4.69, 9.17) is 19.3 Å². The van der Waals surface area contributed by atoms with E-state index in [1.165, 1.54) is 70.6 Å². The fourth-order valence-corrected chi connectivity index (χ4v) is 6.04. The zero-order valence-corrected chi connectivity index (χ0v) is 35.0. The molecule has 0 rings (SSSR count).